The average Bonchev–Trinajstić information content (AvgIpc) is 2.94. The smallest absolute Gasteiger partial charge is 0.416 e. The Kier molecular flexibility index (Phi) is 8.87. The molecule has 0 amide bonds. The lowest BCUT2D eigenvalue weighted by molar-refractivity contribution is -0.139. The molecule has 5 nitrogen and oxygen atoms in total. The maximum atomic E-state index is 13.1. The number of carbonyl (C=O) groups is 1. The molecule has 40 heavy (non-hydrogen) atoms. The molecule has 0 aliphatic heterocycles. The summed E-state index contributed by atoms with van der Waals surface area (Å²) in [4.78, 5) is 14.9. The van der Waals surface area contributed by atoms with Crippen molar-refractivity contribution in [1.29, 1.82) is 0 Å². The Morgan fingerprint density at radius 2 is 1.62 bits per heavy atom. The number of alkyl halides is 3. The van der Waals surface area contributed by atoms with Gasteiger partial charge in [-0.1, -0.05) is 36.3 Å². The number of aromatic nitrogens is 1. The fourth-order valence-corrected chi connectivity index (χ4v) is 3.78. The van der Waals surface area contributed by atoms with Crippen molar-refractivity contribution >= 4 is 11.5 Å². The van der Waals surface area contributed by atoms with Crippen LogP contribution in [0.1, 0.15) is 33.5 Å². The van der Waals surface area contributed by atoms with Crippen molar-refractivity contribution in [2.75, 3.05) is 13.2 Å². The van der Waals surface area contributed by atoms with Gasteiger partial charge >= 0.3 is 12.1 Å². The molecule has 0 radical (unpaired) electrons. The Bertz CT molecular complexity index is 1550. The quantitative estimate of drug-likeness (QED) is 0.248. The molecule has 4 rings (SSSR count). The molecule has 0 bridgehead atoms. The first kappa shape index (κ1) is 28.0. The molecule has 0 aliphatic rings. The summed E-state index contributed by atoms with van der Waals surface area (Å²) in [5.41, 5.74) is 3.44. The minimum atomic E-state index is -4.43. The molecule has 0 aliphatic carbocycles. The second-order valence-corrected chi connectivity index (χ2v) is 8.66. The van der Waals surface area contributed by atoms with Crippen LogP contribution in [0, 0.1) is 18.8 Å². The van der Waals surface area contributed by atoms with Gasteiger partial charge in [0.15, 0.2) is 6.61 Å². The highest BCUT2D eigenvalue weighted by atomic mass is 19.4. The van der Waals surface area contributed by atoms with E-state index in [2.05, 4.69) is 16.8 Å². The molecule has 0 fully saturated rings. The zero-order chi connectivity index (χ0) is 28.5. The van der Waals surface area contributed by atoms with E-state index in [9.17, 15) is 18.0 Å². The second kappa shape index (κ2) is 12.7. The van der Waals surface area contributed by atoms with Gasteiger partial charge in [0.25, 0.3) is 0 Å². The van der Waals surface area contributed by atoms with Gasteiger partial charge in [0, 0.05) is 11.8 Å². The van der Waals surface area contributed by atoms with Gasteiger partial charge in [0.05, 0.1) is 5.56 Å². The molecular weight excluding hydrogens is 519 g/mol. The molecule has 0 saturated carbocycles. The van der Waals surface area contributed by atoms with Crippen LogP contribution in [0.15, 0.2) is 97.2 Å². The van der Waals surface area contributed by atoms with E-state index in [0.29, 0.717) is 33.9 Å². The summed E-state index contributed by atoms with van der Waals surface area (Å²) in [6.07, 6.45) is -0.974. The van der Waals surface area contributed by atoms with E-state index in [-0.39, 0.29) is 6.61 Å². The van der Waals surface area contributed by atoms with Crippen molar-refractivity contribution in [2.45, 2.75) is 13.1 Å². The van der Waals surface area contributed by atoms with Gasteiger partial charge in [-0.05, 0) is 95.8 Å². The van der Waals surface area contributed by atoms with Crippen LogP contribution in [0.2, 0.25) is 0 Å². The zero-order valence-corrected chi connectivity index (χ0v) is 21.4. The Balaban J connectivity index is 1.57. The summed E-state index contributed by atoms with van der Waals surface area (Å²) in [7, 11) is 0. The minimum absolute atomic E-state index is 0.131. The van der Waals surface area contributed by atoms with Crippen LogP contribution < -0.4 is 9.47 Å². The minimum Gasteiger partial charge on any atom is -0.489 e. The van der Waals surface area contributed by atoms with Crippen LogP contribution in [-0.2, 0) is 11.0 Å². The molecular formula is C32H24F3NO4. The molecule has 3 aromatic carbocycles. The Labute approximate surface area is 229 Å². The summed E-state index contributed by atoms with van der Waals surface area (Å²) < 4.78 is 50.5. The number of nitrogens with zero attached hydrogens (tertiary/aromatic N) is 1. The Hall–Kier alpha value is -5.03. The van der Waals surface area contributed by atoms with Gasteiger partial charge in [-0.25, -0.2) is 9.78 Å². The molecule has 8 heteroatoms. The van der Waals surface area contributed by atoms with Crippen molar-refractivity contribution in [1.82, 2.24) is 4.98 Å². The van der Waals surface area contributed by atoms with Crippen molar-refractivity contribution in [2.24, 2.45) is 0 Å². The number of aliphatic carboxylic acids is 1. The SMILES string of the molecule is Cc1cc(OCC=C(c2ccc(C#Cc3ccccn3)cc2)c2ccc(C(F)(F)F)cc2)ccc1OCC(=O)O. The lowest BCUT2D eigenvalue weighted by atomic mass is 9.96. The summed E-state index contributed by atoms with van der Waals surface area (Å²) in [5, 5.41) is 8.80. The molecule has 1 aromatic heterocycles. The molecule has 0 saturated heterocycles. The number of hydrogen-bond donors (Lipinski definition) is 1. The van der Waals surface area contributed by atoms with Crippen molar-refractivity contribution in [3.8, 4) is 23.3 Å². The van der Waals surface area contributed by atoms with Crippen LogP contribution in [-0.4, -0.2) is 29.3 Å². The summed E-state index contributed by atoms with van der Waals surface area (Å²) in [5.74, 6) is 5.94. The van der Waals surface area contributed by atoms with Crippen LogP contribution in [0.4, 0.5) is 13.2 Å². The topological polar surface area (TPSA) is 68.7 Å². The lowest BCUT2D eigenvalue weighted by Crippen LogP contribution is -2.10. The van der Waals surface area contributed by atoms with Gasteiger partial charge in [-0.2, -0.15) is 13.2 Å². The van der Waals surface area contributed by atoms with Crippen LogP contribution in [0.3, 0.4) is 0 Å². The molecule has 1 heterocycles. The number of benzene rings is 3. The number of carboxylic acid groups (broad SMARTS) is 1. The Morgan fingerprint density at radius 3 is 2.23 bits per heavy atom. The van der Waals surface area contributed by atoms with Crippen LogP contribution in [0.25, 0.3) is 5.57 Å². The summed E-state index contributed by atoms with van der Waals surface area (Å²) in [6, 6.07) is 22.8. The zero-order valence-electron chi connectivity index (χ0n) is 21.4. The van der Waals surface area contributed by atoms with E-state index in [4.69, 9.17) is 14.6 Å². The van der Waals surface area contributed by atoms with Crippen LogP contribution in [0.5, 0.6) is 11.5 Å². The average molecular weight is 544 g/mol. The number of halogens is 3. The van der Waals surface area contributed by atoms with Crippen molar-refractivity contribution in [3.05, 3.63) is 131 Å². The van der Waals surface area contributed by atoms with E-state index in [1.165, 1.54) is 12.1 Å². The van der Waals surface area contributed by atoms with Gasteiger partial charge in [0.2, 0.25) is 0 Å². The van der Waals surface area contributed by atoms with E-state index in [1.54, 1.807) is 37.4 Å². The van der Waals surface area contributed by atoms with Gasteiger partial charge in [-0.15, -0.1) is 0 Å². The number of aryl methyl sites for hydroxylation is 1. The normalized spacial score (nSPS) is 11.3. The van der Waals surface area contributed by atoms with E-state index >= 15 is 0 Å². The van der Waals surface area contributed by atoms with Crippen LogP contribution >= 0.6 is 0 Å². The third kappa shape index (κ3) is 7.74. The summed E-state index contributed by atoms with van der Waals surface area (Å²) in [6.45, 7) is 1.45. The highest BCUT2D eigenvalue weighted by Gasteiger charge is 2.30. The first-order valence-electron chi connectivity index (χ1n) is 12.2. The standard InChI is InChI=1S/C32H24F3NO4/c1-22-20-28(15-16-30(22)40-21-31(37)38)39-19-17-29(25-10-12-26(13-11-25)32(33,34)35)24-8-5-23(6-9-24)7-14-27-4-2-3-18-36-27/h2-6,8-13,15-18,20H,19,21H2,1H3,(H,37,38). The number of hydrogen-bond acceptors (Lipinski definition) is 4. The van der Waals surface area contributed by atoms with E-state index in [0.717, 1.165) is 23.3 Å². The van der Waals surface area contributed by atoms with E-state index < -0.39 is 24.3 Å². The molecule has 1 N–H and O–H groups in total. The fourth-order valence-electron chi connectivity index (χ4n) is 3.78. The fraction of sp³-hybridized carbons (Fsp3) is 0.125. The number of rotatable bonds is 8. The number of carboxylic acids is 1. The second-order valence-electron chi connectivity index (χ2n) is 8.66. The third-order valence-corrected chi connectivity index (χ3v) is 5.75. The lowest BCUT2D eigenvalue weighted by Gasteiger charge is -2.13. The van der Waals surface area contributed by atoms with Gasteiger partial charge < -0.3 is 14.6 Å². The highest BCUT2D eigenvalue weighted by Crippen LogP contribution is 2.32. The first-order chi connectivity index (χ1) is 19.2. The van der Waals surface area contributed by atoms with Gasteiger partial charge in [0.1, 0.15) is 23.8 Å². The van der Waals surface area contributed by atoms with Crippen molar-refractivity contribution < 1.29 is 32.5 Å². The molecule has 0 spiro atoms. The maximum Gasteiger partial charge on any atom is 0.416 e. The molecule has 4 aromatic rings. The first-order valence-corrected chi connectivity index (χ1v) is 12.2. The largest absolute Gasteiger partial charge is 0.489 e. The summed E-state index contributed by atoms with van der Waals surface area (Å²) >= 11 is 0. The van der Waals surface area contributed by atoms with Gasteiger partial charge in [-0.3, -0.25) is 0 Å². The molecule has 202 valence electrons. The molecule has 0 unspecified atom stereocenters. The highest BCUT2D eigenvalue weighted by molar-refractivity contribution is 5.80. The predicted molar refractivity (Wildman–Crippen MR) is 145 cm³/mol. The monoisotopic (exact) mass is 543 g/mol. The number of pyridine rings is 1. The van der Waals surface area contributed by atoms with Crippen molar-refractivity contribution in [3.63, 3.8) is 0 Å². The predicted octanol–water partition coefficient (Wildman–Crippen LogP) is 6.78. The Morgan fingerprint density at radius 1 is 0.925 bits per heavy atom. The maximum absolute atomic E-state index is 13.1. The third-order valence-electron chi connectivity index (χ3n) is 5.75. The number of ether oxygens (including phenoxy) is 2. The van der Waals surface area contributed by atoms with E-state index in [1.807, 2.05) is 42.5 Å². The molecule has 0 atom stereocenters.